The van der Waals surface area contributed by atoms with Crippen LogP contribution in [0.2, 0.25) is 0 Å². The zero-order chi connectivity index (χ0) is 25.5. The molecule has 186 valence electrons. The minimum Gasteiger partial charge on any atom is -0.352 e. The van der Waals surface area contributed by atoms with E-state index in [1.165, 1.54) is 49.7 Å². The van der Waals surface area contributed by atoms with Gasteiger partial charge < -0.3 is 9.47 Å². The molecule has 4 atom stereocenters. The molecule has 0 saturated heterocycles. The van der Waals surface area contributed by atoms with Crippen molar-refractivity contribution in [2.24, 2.45) is 0 Å². The van der Waals surface area contributed by atoms with E-state index in [1.807, 2.05) is 14.2 Å². The van der Waals surface area contributed by atoms with Crippen LogP contribution in [-0.2, 0) is 20.3 Å². The summed E-state index contributed by atoms with van der Waals surface area (Å²) < 4.78 is 12.4. The summed E-state index contributed by atoms with van der Waals surface area (Å²) in [6, 6.07) is 27.6. The van der Waals surface area contributed by atoms with Crippen molar-refractivity contribution in [3.05, 3.63) is 106 Å². The van der Waals surface area contributed by atoms with E-state index in [1.54, 1.807) is 5.56 Å². The average Bonchev–Trinajstić information content (AvgIpc) is 3.43. The Kier molecular flexibility index (Phi) is 4.02. The smallest absolute Gasteiger partial charge is 0.182 e. The van der Waals surface area contributed by atoms with Gasteiger partial charge in [0, 0.05) is 26.1 Å². The summed E-state index contributed by atoms with van der Waals surface area (Å²) >= 11 is 0. The molecule has 0 heterocycles. The predicted molar refractivity (Wildman–Crippen MR) is 150 cm³/mol. The first kappa shape index (κ1) is 22.1. The van der Waals surface area contributed by atoms with E-state index < -0.39 is 5.79 Å². The quantitative estimate of drug-likeness (QED) is 0.266. The highest BCUT2D eigenvalue weighted by Crippen LogP contribution is 2.75. The molecule has 4 aliphatic rings. The van der Waals surface area contributed by atoms with Gasteiger partial charge in [0.1, 0.15) is 0 Å². The predicted octanol–water partition coefficient (Wildman–Crippen LogP) is 8.14. The molecule has 0 N–H and O–H groups in total. The molecule has 4 aromatic rings. The van der Waals surface area contributed by atoms with Gasteiger partial charge in [0.2, 0.25) is 0 Å². The van der Waals surface area contributed by atoms with Gasteiger partial charge in [0.25, 0.3) is 0 Å². The van der Waals surface area contributed by atoms with Gasteiger partial charge in [-0.1, -0.05) is 100 Å². The third-order valence-electron chi connectivity index (χ3n) is 10.8. The largest absolute Gasteiger partial charge is 0.352 e. The lowest BCUT2D eigenvalue weighted by Gasteiger charge is -2.33. The second-order valence-corrected chi connectivity index (χ2v) is 12.8. The molecule has 0 radical (unpaired) electrons. The Labute approximate surface area is 219 Å². The van der Waals surface area contributed by atoms with Crippen LogP contribution in [0.5, 0.6) is 0 Å². The summed E-state index contributed by atoms with van der Waals surface area (Å²) in [4.78, 5) is 0. The fourth-order valence-electron chi connectivity index (χ4n) is 9.25. The number of hydrogen-bond donors (Lipinski definition) is 0. The van der Waals surface area contributed by atoms with Gasteiger partial charge >= 0.3 is 0 Å². The third-order valence-corrected chi connectivity index (χ3v) is 10.8. The fourth-order valence-corrected chi connectivity index (χ4v) is 9.25. The Morgan fingerprint density at radius 1 is 0.568 bits per heavy atom. The second-order valence-electron chi connectivity index (χ2n) is 12.8. The molecule has 1 fully saturated rings. The Balaban J connectivity index is 1.49. The van der Waals surface area contributed by atoms with Gasteiger partial charge in [-0.15, -0.1) is 0 Å². The van der Waals surface area contributed by atoms with Crippen molar-refractivity contribution in [3.63, 3.8) is 0 Å². The number of methoxy groups -OCH3 is 2. The molecule has 4 aliphatic carbocycles. The van der Waals surface area contributed by atoms with Crippen molar-refractivity contribution in [2.45, 2.75) is 68.0 Å². The molecule has 1 saturated carbocycles. The van der Waals surface area contributed by atoms with Crippen molar-refractivity contribution in [1.82, 2.24) is 0 Å². The molecule has 2 heteroatoms. The minimum absolute atomic E-state index is 0.0515. The zero-order valence-corrected chi connectivity index (χ0v) is 22.6. The van der Waals surface area contributed by atoms with E-state index >= 15 is 0 Å². The first-order valence-corrected chi connectivity index (χ1v) is 13.7. The summed E-state index contributed by atoms with van der Waals surface area (Å²) in [5.74, 6) is 0.693. The van der Waals surface area contributed by atoms with Crippen molar-refractivity contribution in [3.8, 4) is 11.1 Å². The molecule has 0 spiro atoms. The third kappa shape index (κ3) is 2.33. The standard InChI is InChI=1S/C35H34O2/c1-33(2)24-14-10-9-13-21(24)29-31(33)28-25(34(29,3)4)18-17-23-26(28)22-16-15-19-11-7-8-12-20(19)27(22)32-30(23)35(32,36-5)37-6/h7-18,29-32H,1-6H3. The summed E-state index contributed by atoms with van der Waals surface area (Å²) in [6.07, 6.45) is 0. The monoisotopic (exact) mass is 486 g/mol. The van der Waals surface area contributed by atoms with Crippen LogP contribution in [-0.4, -0.2) is 20.0 Å². The van der Waals surface area contributed by atoms with E-state index in [2.05, 4.69) is 100 Å². The van der Waals surface area contributed by atoms with Crippen LogP contribution in [0, 0.1) is 0 Å². The Morgan fingerprint density at radius 2 is 1.27 bits per heavy atom. The lowest BCUT2D eigenvalue weighted by Crippen LogP contribution is -2.25. The molecule has 4 unspecified atom stereocenters. The zero-order valence-electron chi connectivity index (χ0n) is 22.6. The SMILES string of the molecule is COC1(OC)C2c3ccc4c(c3-c3ccc5ccccc5c3C21)C1C(c2ccccc2C1(C)C)C4(C)C. The van der Waals surface area contributed by atoms with Crippen LogP contribution in [0.3, 0.4) is 0 Å². The summed E-state index contributed by atoms with van der Waals surface area (Å²) in [6.45, 7) is 9.89. The molecule has 37 heavy (non-hydrogen) atoms. The van der Waals surface area contributed by atoms with Gasteiger partial charge in [-0.05, 0) is 66.1 Å². The van der Waals surface area contributed by atoms with Crippen molar-refractivity contribution in [1.29, 1.82) is 0 Å². The van der Waals surface area contributed by atoms with Crippen molar-refractivity contribution in [2.75, 3.05) is 14.2 Å². The topological polar surface area (TPSA) is 18.5 Å². The number of hydrogen-bond acceptors (Lipinski definition) is 2. The molecular weight excluding hydrogens is 452 g/mol. The highest BCUT2D eigenvalue weighted by Gasteiger charge is 2.71. The van der Waals surface area contributed by atoms with Gasteiger partial charge in [-0.2, -0.15) is 0 Å². The molecule has 0 aromatic heterocycles. The highest BCUT2D eigenvalue weighted by atomic mass is 16.7. The summed E-state index contributed by atoms with van der Waals surface area (Å²) in [7, 11) is 3.63. The maximum Gasteiger partial charge on any atom is 0.182 e. The van der Waals surface area contributed by atoms with E-state index in [0.717, 1.165) is 0 Å². The van der Waals surface area contributed by atoms with E-state index in [0.29, 0.717) is 11.8 Å². The van der Waals surface area contributed by atoms with Gasteiger partial charge in [0.15, 0.2) is 5.79 Å². The highest BCUT2D eigenvalue weighted by molar-refractivity contribution is 5.97. The summed E-state index contributed by atoms with van der Waals surface area (Å²) in [5.41, 5.74) is 11.9. The average molecular weight is 487 g/mol. The first-order valence-electron chi connectivity index (χ1n) is 13.7. The van der Waals surface area contributed by atoms with Gasteiger partial charge in [0.05, 0.1) is 11.8 Å². The lowest BCUT2D eigenvalue weighted by atomic mass is 9.70. The normalized spacial score (nSPS) is 28.1. The van der Waals surface area contributed by atoms with Crippen LogP contribution in [0.1, 0.15) is 84.7 Å². The summed E-state index contributed by atoms with van der Waals surface area (Å²) in [5, 5.41) is 2.62. The van der Waals surface area contributed by atoms with Crippen LogP contribution in [0.4, 0.5) is 0 Å². The second kappa shape index (κ2) is 6.73. The van der Waals surface area contributed by atoms with Crippen LogP contribution >= 0.6 is 0 Å². The molecule has 0 aliphatic heterocycles. The van der Waals surface area contributed by atoms with E-state index in [9.17, 15) is 0 Å². The van der Waals surface area contributed by atoms with Crippen LogP contribution < -0.4 is 0 Å². The number of ether oxygens (including phenoxy) is 2. The Morgan fingerprint density at radius 3 is 2.05 bits per heavy atom. The van der Waals surface area contributed by atoms with Crippen LogP contribution in [0.15, 0.2) is 72.8 Å². The van der Waals surface area contributed by atoms with Gasteiger partial charge in [-0.25, -0.2) is 0 Å². The Hall–Kier alpha value is -2.94. The Bertz CT molecular complexity index is 1640. The van der Waals surface area contributed by atoms with Crippen molar-refractivity contribution < 1.29 is 9.47 Å². The molecular formula is C35H34O2. The lowest BCUT2D eigenvalue weighted by molar-refractivity contribution is -0.136. The maximum atomic E-state index is 6.22. The molecule has 8 rings (SSSR count). The number of rotatable bonds is 2. The number of benzene rings is 4. The maximum absolute atomic E-state index is 6.22. The molecule has 2 nitrogen and oxygen atoms in total. The molecule has 0 bridgehead atoms. The van der Waals surface area contributed by atoms with E-state index in [4.69, 9.17) is 9.47 Å². The first-order chi connectivity index (χ1) is 17.8. The van der Waals surface area contributed by atoms with Gasteiger partial charge in [-0.3, -0.25) is 0 Å². The molecule has 4 aromatic carbocycles. The van der Waals surface area contributed by atoms with E-state index in [-0.39, 0.29) is 22.7 Å². The van der Waals surface area contributed by atoms with Crippen molar-refractivity contribution >= 4 is 10.8 Å². The minimum atomic E-state index is -0.611. The number of fused-ring (bicyclic) bond motifs is 14. The molecule has 0 amide bonds. The fraction of sp³-hybridized carbons (Fsp3) is 0.371. The van der Waals surface area contributed by atoms with Crippen LogP contribution in [0.25, 0.3) is 21.9 Å².